The number of carbonyl (C=O) groups is 2. The number of primary amides is 1. The summed E-state index contributed by atoms with van der Waals surface area (Å²) in [6, 6.07) is 0. The summed E-state index contributed by atoms with van der Waals surface area (Å²) in [5, 5.41) is 0. The SMILES string of the molecule is CC.CCC(=O)C1CCCCC1.CCOC1CCC(OCCC(N)=O)CC1. The van der Waals surface area contributed by atoms with Crippen molar-refractivity contribution in [2.45, 2.75) is 111 Å². The predicted octanol–water partition coefficient (Wildman–Crippen LogP) is 4.80. The summed E-state index contributed by atoms with van der Waals surface area (Å²) < 4.78 is 11.1. The first kappa shape index (κ1) is 26.1. The summed E-state index contributed by atoms with van der Waals surface area (Å²) in [4.78, 5) is 21.7. The molecule has 0 bridgehead atoms. The van der Waals surface area contributed by atoms with Gasteiger partial charge in [-0.1, -0.05) is 40.0 Å². The molecule has 0 aromatic rings. The van der Waals surface area contributed by atoms with Crippen LogP contribution in [0.3, 0.4) is 0 Å². The number of ether oxygens (including phenoxy) is 2. The third-order valence-corrected chi connectivity index (χ3v) is 5.13. The highest BCUT2D eigenvalue weighted by molar-refractivity contribution is 5.80. The fraction of sp³-hybridized carbons (Fsp3) is 0.909. The summed E-state index contributed by atoms with van der Waals surface area (Å²) in [6.45, 7) is 9.24. The lowest BCUT2D eigenvalue weighted by Gasteiger charge is -2.28. The van der Waals surface area contributed by atoms with Crippen LogP contribution in [0.1, 0.15) is 98.3 Å². The van der Waals surface area contributed by atoms with Gasteiger partial charge in [-0.2, -0.15) is 0 Å². The Kier molecular flexibility index (Phi) is 16.6. The number of hydrogen-bond donors (Lipinski definition) is 1. The maximum atomic E-state index is 11.2. The van der Waals surface area contributed by atoms with Crippen LogP contribution in [-0.2, 0) is 19.1 Å². The Morgan fingerprint density at radius 2 is 1.37 bits per heavy atom. The maximum Gasteiger partial charge on any atom is 0.219 e. The van der Waals surface area contributed by atoms with Gasteiger partial charge in [-0.25, -0.2) is 0 Å². The van der Waals surface area contributed by atoms with Crippen molar-refractivity contribution >= 4 is 11.7 Å². The second-order valence-corrected chi connectivity index (χ2v) is 7.10. The number of amides is 1. The summed E-state index contributed by atoms with van der Waals surface area (Å²) in [6.07, 6.45) is 12.2. The molecule has 0 radical (unpaired) electrons. The van der Waals surface area contributed by atoms with Crippen molar-refractivity contribution in [3.63, 3.8) is 0 Å². The van der Waals surface area contributed by atoms with E-state index in [0.29, 0.717) is 36.9 Å². The Balaban J connectivity index is 0.000000488. The Bertz CT molecular complexity index is 373. The molecule has 0 spiro atoms. The molecule has 1 amide bonds. The molecule has 2 aliphatic rings. The van der Waals surface area contributed by atoms with Gasteiger partial charge in [0.25, 0.3) is 0 Å². The van der Waals surface area contributed by atoms with Crippen molar-refractivity contribution in [2.75, 3.05) is 13.2 Å². The van der Waals surface area contributed by atoms with Gasteiger partial charge >= 0.3 is 0 Å². The maximum absolute atomic E-state index is 11.2. The monoisotopic (exact) mass is 385 g/mol. The number of Topliss-reactive ketones (excluding diaryl/α,β-unsaturated/α-hetero) is 1. The number of carbonyl (C=O) groups excluding carboxylic acids is 2. The molecule has 2 fully saturated rings. The zero-order valence-electron chi connectivity index (χ0n) is 18.1. The molecule has 5 nitrogen and oxygen atoms in total. The minimum atomic E-state index is -0.294. The number of nitrogens with two attached hydrogens (primary N) is 1. The Hall–Kier alpha value is -0.940. The number of hydrogen-bond acceptors (Lipinski definition) is 4. The van der Waals surface area contributed by atoms with Crippen molar-refractivity contribution < 1.29 is 19.1 Å². The van der Waals surface area contributed by atoms with Crippen molar-refractivity contribution in [1.29, 1.82) is 0 Å². The first-order valence-corrected chi connectivity index (χ1v) is 11.1. The molecule has 2 aliphatic carbocycles. The topological polar surface area (TPSA) is 78.6 Å². The lowest BCUT2D eigenvalue weighted by molar-refractivity contribution is -0.123. The molecule has 0 unspecified atom stereocenters. The number of ketones is 1. The van der Waals surface area contributed by atoms with E-state index in [9.17, 15) is 9.59 Å². The molecule has 27 heavy (non-hydrogen) atoms. The van der Waals surface area contributed by atoms with Gasteiger partial charge in [0.1, 0.15) is 5.78 Å². The third-order valence-electron chi connectivity index (χ3n) is 5.13. The van der Waals surface area contributed by atoms with Crippen LogP contribution in [0.15, 0.2) is 0 Å². The Labute approximate surface area is 166 Å². The van der Waals surface area contributed by atoms with Crippen molar-refractivity contribution in [3.05, 3.63) is 0 Å². The van der Waals surface area contributed by atoms with E-state index in [1.807, 2.05) is 27.7 Å². The van der Waals surface area contributed by atoms with Gasteiger partial charge in [0, 0.05) is 25.4 Å². The van der Waals surface area contributed by atoms with Crippen LogP contribution in [0.4, 0.5) is 0 Å². The van der Waals surface area contributed by atoms with Crippen LogP contribution in [0.5, 0.6) is 0 Å². The summed E-state index contributed by atoms with van der Waals surface area (Å²) in [5.74, 6) is 0.622. The van der Waals surface area contributed by atoms with Gasteiger partial charge in [0.15, 0.2) is 0 Å². The Morgan fingerprint density at radius 3 is 1.81 bits per heavy atom. The summed E-state index contributed by atoms with van der Waals surface area (Å²) >= 11 is 0. The van der Waals surface area contributed by atoms with Gasteiger partial charge in [0.2, 0.25) is 5.91 Å². The zero-order valence-corrected chi connectivity index (χ0v) is 18.1. The molecule has 5 heteroatoms. The molecule has 2 saturated carbocycles. The van der Waals surface area contributed by atoms with Gasteiger partial charge < -0.3 is 15.2 Å². The molecule has 0 saturated heterocycles. The van der Waals surface area contributed by atoms with E-state index in [-0.39, 0.29) is 5.91 Å². The summed E-state index contributed by atoms with van der Waals surface area (Å²) in [5.41, 5.74) is 5.03. The van der Waals surface area contributed by atoms with Gasteiger partial charge in [0.05, 0.1) is 18.8 Å². The van der Waals surface area contributed by atoms with Crippen molar-refractivity contribution in [2.24, 2.45) is 11.7 Å². The fourth-order valence-electron chi connectivity index (χ4n) is 3.64. The molecule has 0 aromatic carbocycles. The standard InChI is InChI=1S/C11H21NO3.C9H16O.C2H6/c1-2-14-9-3-5-10(6-4-9)15-8-7-11(12)13;1-2-9(10)8-6-4-3-5-7-8;1-2/h9-10H,2-8H2,1H3,(H2,12,13);8H,2-7H2,1H3;1-2H3. The lowest BCUT2D eigenvalue weighted by Crippen LogP contribution is -2.27. The fourth-order valence-corrected chi connectivity index (χ4v) is 3.64. The average molecular weight is 386 g/mol. The third kappa shape index (κ3) is 13.0. The molecule has 0 atom stereocenters. The van der Waals surface area contributed by atoms with Crippen LogP contribution in [0, 0.1) is 5.92 Å². The smallest absolute Gasteiger partial charge is 0.219 e. The van der Waals surface area contributed by atoms with Crippen LogP contribution in [-0.4, -0.2) is 37.1 Å². The van der Waals surface area contributed by atoms with Crippen LogP contribution in [0.25, 0.3) is 0 Å². The van der Waals surface area contributed by atoms with E-state index in [2.05, 4.69) is 0 Å². The van der Waals surface area contributed by atoms with Crippen molar-refractivity contribution in [1.82, 2.24) is 0 Å². The highest BCUT2D eigenvalue weighted by Gasteiger charge is 2.21. The quantitative estimate of drug-likeness (QED) is 0.651. The molecule has 2 N–H and O–H groups in total. The number of rotatable bonds is 8. The van der Waals surface area contributed by atoms with Crippen LogP contribution < -0.4 is 5.73 Å². The average Bonchev–Trinajstić information content (AvgIpc) is 2.71. The van der Waals surface area contributed by atoms with E-state index < -0.39 is 0 Å². The minimum Gasteiger partial charge on any atom is -0.379 e. The zero-order chi connectivity index (χ0) is 20.5. The summed E-state index contributed by atoms with van der Waals surface area (Å²) in [7, 11) is 0. The van der Waals surface area contributed by atoms with E-state index in [1.165, 1.54) is 19.3 Å². The first-order chi connectivity index (χ1) is 13.1. The minimum absolute atomic E-state index is 0.293. The van der Waals surface area contributed by atoms with Gasteiger partial charge in [-0.3, -0.25) is 9.59 Å². The lowest BCUT2D eigenvalue weighted by atomic mass is 9.85. The Morgan fingerprint density at radius 1 is 0.852 bits per heavy atom. The molecular weight excluding hydrogens is 342 g/mol. The second kappa shape index (κ2) is 17.2. The largest absolute Gasteiger partial charge is 0.379 e. The molecular formula is C22H43NO4. The highest BCUT2D eigenvalue weighted by atomic mass is 16.5. The molecule has 160 valence electrons. The van der Waals surface area contributed by atoms with Crippen molar-refractivity contribution in [3.8, 4) is 0 Å². The van der Waals surface area contributed by atoms with E-state index in [0.717, 1.165) is 51.6 Å². The highest BCUT2D eigenvalue weighted by Crippen LogP contribution is 2.25. The molecule has 0 aliphatic heterocycles. The van der Waals surface area contributed by atoms with Crippen LogP contribution in [0.2, 0.25) is 0 Å². The predicted molar refractivity (Wildman–Crippen MR) is 111 cm³/mol. The molecule has 0 heterocycles. The van der Waals surface area contributed by atoms with Crippen LogP contribution >= 0.6 is 0 Å². The van der Waals surface area contributed by atoms with E-state index in [1.54, 1.807) is 0 Å². The van der Waals surface area contributed by atoms with Gasteiger partial charge in [-0.15, -0.1) is 0 Å². The van der Waals surface area contributed by atoms with Gasteiger partial charge in [-0.05, 0) is 45.4 Å². The first-order valence-electron chi connectivity index (χ1n) is 11.1. The van der Waals surface area contributed by atoms with E-state index >= 15 is 0 Å². The van der Waals surface area contributed by atoms with E-state index in [4.69, 9.17) is 15.2 Å². The normalized spacial score (nSPS) is 22.7. The molecule has 0 aromatic heterocycles. The molecule has 2 rings (SSSR count). The second-order valence-electron chi connectivity index (χ2n) is 7.10.